The molecule has 0 amide bonds. The third kappa shape index (κ3) is 2.66. The molecule has 3 aromatic rings. The van der Waals surface area contributed by atoms with Crippen LogP contribution in [0.2, 0.25) is 0 Å². The first kappa shape index (κ1) is 12.3. The molecule has 96 valence electrons. The van der Waals surface area contributed by atoms with Gasteiger partial charge < -0.3 is 4.42 Å². The van der Waals surface area contributed by atoms with E-state index in [4.69, 9.17) is 4.42 Å². The Morgan fingerprint density at radius 3 is 2.63 bits per heavy atom. The number of oxazole rings is 1. The molecule has 0 aliphatic carbocycles. The predicted molar refractivity (Wildman–Crippen MR) is 79.8 cm³/mol. The van der Waals surface area contributed by atoms with Crippen LogP contribution in [0.25, 0.3) is 11.1 Å². The van der Waals surface area contributed by atoms with Crippen molar-refractivity contribution in [2.24, 2.45) is 0 Å². The maximum absolute atomic E-state index is 5.77. The van der Waals surface area contributed by atoms with E-state index in [0.717, 1.165) is 23.4 Å². The molecule has 1 heterocycles. The van der Waals surface area contributed by atoms with Crippen LogP contribution in [-0.4, -0.2) is 11.2 Å². The maximum atomic E-state index is 5.77. The summed E-state index contributed by atoms with van der Waals surface area (Å²) in [6.07, 6.45) is 2.82. The summed E-state index contributed by atoms with van der Waals surface area (Å²) >= 11 is 1.75. The average Bonchev–Trinajstić information content (AvgIpc) is 2.81. The first-order valence-corrected chi connectivity index (χ1v) is 7.46. The minimum Gasteiger partial charge on any atom is -0.440 e. The fourth-order valence-corrected chi connectivity index (χ4v) is 2.49. The first-order chi connectivity index (χ1) is 9.24. The molecule has 0 aliphatic rings. The van der Waals surface area contributed by atoms with Gasteiger partial charge >= 0.3 is 0 Å². The minimum absolute atomic E-state index is 0.738. The summed E-state index contributed by atoms with van der Waals surface area (Å²) in [6, 6.07) is 14.6. The summed E-state index contributed by atoms with van der Waals surface area (Å²) in [7, 11) is 0. The van der Waals surface area contributed by atoms with Crippen LogP contribution in [0.3, 0.4) is 0 Å². The molecular formula is C16H15NOS. The van der Waals surface area contributed by atoms with Crippen molar-refractivity contribution in [1.82, 2.24) is 4.98 Å². The number of thioether (sulfide) groups is 1. The Balaban J connectivity index is 1.87. The molecule has 1 aromatic heterocycles. The number of hydrogen-bond donors (Lipinski definition) is 0. The van der Waals surface area contributed by atoms with E-state index in [9.17, 15) is 0 Å². The first-order valence-electron chi connectivity index (χ1n) is 6.23. The second-order valence-electron chi connectivity index (χ2n) is 4.60. The van der Waals surface area contributed by atoms with Gasteiger partial charge in [-0.25, -0.2) is 4.98 Å². The van der Waals surface area contributed by atoms with Gasteiger partial charge in [-0.2, -0.15) is 0 Å². The quantitative estimate of drug-likeness (QED) is 0.657. The van der Waals surface area contributed by atoms with E-state index < -0.39 is 0 Å². The van der Waals surface area contributed by atoms with Crippen LogP contribution in [0, 0.1) is 6.92 Å². The van der Waals surface area contributed by atoms with Gasteiger partial charge in [0.25, 0.3) is 0 Å². The van der Waals surface area contributed by atoms with Crippen LogP contribution >= 0.6 is 11.8 Å². The number of rotatable bonds is 3. The smallest absolute Gasteiger partial charge is 0.199 e. The highest BCUT2D eigenvalue weighted by Crippen LogP contribution is 2.20. The SMILES string of the molecule is CSc1ccc(Cc2nc3cc(C)ccc3o2)cc1. The molecule has 0 fully saturated rings. The van der Waals surface area contributed by atoms with Crippen LogP contribution in [-0.2, 0) is 6.42 Å². The lowest BCUT2D eigenvalue weighted by Crippen LogP contribution is -1.87. The highest BCUT2D eigenvalue weighted by Gasteiger charge is 2.06. The van der Waals surface area contributed by atoms with Gasteiger partial charge in [-0.15, -0.1) is 11.8 Å². The Morgan fingerprint density at radius 2 is 1.89 bits per heavy atom. The molecule has 0 aliphatic heterocycles. The monoisotopic (exact) mass is 269 g/mol. The van der Waals surface area contributed by atoms with E-state index >= 15 is 0 Å². The summed E-state index contributed by atoms with van der Waals surface area (Å²) in [4.78, 5) is 5.81. The third-order valence-corrected chi connectivity index (χ3v) is 3.85. The molecule has 0 N–H and O–H groups in total. The number of aryl methyl sites for hydroxylation is 1. The van der Waals surface area contributed by atoms with Crippen LogP contribution in [0.5, 0.6) is 0 Å². The van der Waals surface area contributed by atoms with Gasteiger partial charge in [-0.05, 0) is 48.6 Å². The van der Waals surface area contributed by atoms with Crippen LogP contribution in [0.4, 0.5) is 0 Å². The molecule has 2 nitrogen and oxygen atoms in total. The van der Waals surface area contributed by atoms with Gasteiger partial charge in [0.05, 0.1) is 0 Å². The van der Waals surface area contributed by atoms with Crippen LogP contribution in [0.1, 0.15) is 17.0 Å². The van der Waals surface area contributed by atoms with Crippen molar-refractivity contribution in [3.05, 3.63) is 59.5 Å². The Morgan fingerprint density at radius 1 is 1.11 bits per heavy atom. The molecule has 3 heteroatoms. The predicted octanol–water partition coefficient (Wildman–Crippen LogP) is 4.45. The van der Waals surface area contributed by atoms with Gasteiger partial charge in [0.1, 0.15) is 5.52 Å². The highest BCUT2D eigenvalue weighted by molar-refractivity contribution is 7.98. The second kappa shape index (κ2) is 5.10. The standard InChI is InChI=1S/C16H15NOS/c1-11-3-8-15-14(9-11)17-16(18-15)10-12-4-6-13(19-2)7-5-12/h3-9H,10H2,1-2H3. The second-order valence-corrected chi connectivity index (χ2v) is 5.48. The summed E-state index contributed by atoms with van der Waals surface area (Å²) in [5.41, 5.74) is 4.23. The van der Waals surface area contributed by atoms with Crippen LogP contribution in [0.15, 0.2) is 51.8 Å². The third-order valence-electron chi connectivity index (χ3n) is 3.10. The van der Waals surface area contributed by atoms with E-state index in [0.29, 0.717) is 0 Å². The zero-order valence-electron chi connectivity index (χ0n) is 11.0. The van der Waals surface area contributed by atoms with Gasteiger partial charge in [0, 0.05) is 11.3 Å². The largest absolute Gasteiger partial charge is 0.440 e. The lowest BCUT2D eigenvalue weighted by molar-refractivity contribution is 0.544. The number of hydrogen-bond acceptors (Lipinski definition) is 3. The Hall–Kier alpha value is -1.74. The molecule has 0 atom stereocenters. The molecule has 0 unspecified atom stereocenters. The fraction of sp³-hybridized carbons (Fsp3) is 0.188. The Kier molecular flexibility index (Phi) is 3.30. The van der Waals surface area contributed by atoms with E-state index in [2.05, 4.69) is 48.5 Å². The molecular weight excluding hydrogens is 254 g/mol. The molecule has 0 saturated heterocycles. The summed E-state index contributed by atoms with van der Waals surface area (Å²) in [6.45, 7) is 2.06. The normalized spacial score (nSPS) is 11.1. The van der Waals surface area contributed by atoms with Crippen molar-refractivity contribution >= 4 is 22.9 Å². The van der Waals surface area contributed by atoms with Crippen molar-refractivity contribution in [3.8, 4) is 0 Å². The van der Waals surface area contributed by atoms with Crippen molar-refractivity contribution in [1.29, 1.82) is 0 Å². The van der Waals surface area contributed by atoms with Crippen molar-refractivity contribution in [2.75, 3.05) is 6.26 Å². The summed E-state index contributed by atoms with van der Waals surface area (Å²) in [5, 5.41) is 0. The fourth-order valence-electron chi connectivity index (χ4n) is 2.08. The van der Waals surface area contributed by atoms with Gasteiger partial charge in [-0.1, -0.05) is 18.2 Å². The molecule has 2 aromatic carbocycles. The van der Waals surface area contributed by atoms with E-state index in [1.807, 2.05) is 12.1 Å². The Labute approximate surface area is 116 Å². The van der Waals surface area contributed by atoms with Crippen LogP contribution < -0.4 is 0 Å². The molecule has 0 spiro atoms. The molecule has 19 heavy (non-hydrogen) atoms. The van der Waals surface area contributed by atoms with E-state index in [1.54, 1.807) is 11.8 Å². The zero-order chi connectivity index (χ0) is 13.2. The Bertz CT molecular complexity index is 700. The molecule has 0 saturated carbocycles. The molecule has 3 rings (SSSR count). The lowest BCUT2D eigenvalue weighted by atomic mass is 10.1. The van der Waals surface area contributed by atoms with Crippen molar-refractivity contribution < 1.29 is 4.42 Å². The summed E-state index contributed by atoms with van der Waals surface area (Å²) in [5.74, 6) is 0.775. The average molecular weight is 269 g/mol. The van der Waals surface area contributed by atoms with Crippen molar-refractivity contribution in [2.45, 2.75) is 18.2 Å². The van der Waals surface area contributed by atoms with Gasteiger partial charge in [-0.3, -0.25) is 0 Å². The van der Waals surface area contributed by atoms with E-state index in [-0.39, 0.29) is 0 Å². The number of nitrogens with zero attached hydrogens (tertiary/aromatic N) is 1. The topological polar surface area (TPSA) is 26.0 Å². The number of fused-ring (bicyclic) bond motifs is 1. The minimum atomic E-state index is 0.738. The maximum Gasteiger partial charge on any atom is 0.199 e. The highest BCUT2D eigenvalue weighted by atomic mass is 32.2. The number of aromatic nitrogens is 1. The summed E-state index contributed by atoms with van der Waals surface area (Å²) < 4.78 is 5.77. The lowest BCUT2D eigenvalue weighted by Gasteiger charge is -1.99. The number of benzene rings is 2. The van der Waals surface area contributed by atoms with Gasteiger partial charge in [0.15, 0.2) is 11.5 Å². The molecule has 0 bridgehead atoms. The zero-order valence-corrected chi connectivity index (χ0v) is 11.8. The van der Waals surface area contributed by atoms with Gasteiger partial charge in [0.2, 0.25) is 0 Å². The van der Waals surface area contributed by atoms with Crippen molar-refractivity contribution in [3.63, 3.8) is 0 Å². The van der Waals surface area contributed by atoms with E-state index in [1.165, 1.54) is 16.0 Å². The molecule has 0 radical (unpaired) electrons.